The molecule has 0 aromatic heterocycles. The van der Waals surface area contributed by atoms with Crippen LogP contribution in [-0.2, 0) is 9.47 Å². The van der Waals surface area contributed by atoms with Crippen molar-refractivity contribution < 1.29 is 14.2 Å². The summed E-state index contributed by atoms with van der Waals surface area (Å²) in [5, 5.41) is 3.26. The molecule has 0 amide bonds. The molecule has 0 aliphatic heterocycles. The summed E-state index contributed by atoms with van der Waals surface area (Å²) < 4.78 is 16.3. The Hall–Kier alpha value is -1.10. The van der Waals surface area contributed by atoms with Gasteiger partial charge < -0.3 is 19.5 Å². The van der Waals surface area contributed by atoms with E-state index in [1.165, 1.54) is 12.0 Å². The Balaban J connectivity index is 2.24. The van der Waals surface area contributed by atoms with Crippen LogP contribution >= 0.6 is 0 Å². The molecule has 0 aliphatic carbocycles. The van der Waals surface area contributed by atoms with Crippen LogP contribution in [0.3, 0.4) is 0 Å². The van der Waals surface area contributed by atoms with E-state index in [0.717, 1.165) is 18.8 Å². The number of nitrogens with one attached hydrogen (secondary N) is 1. The van der Waals surface area contributed by atoms with Crippen LogP contribution in [0.15, 0.2) is 24.3 Å². The Morgan fingerprint density at radius 1 is 1.05 bits per heavy atom. The van der Waals surface area contributed by atoms with Crippen molar-refractivity contribution in [2.45, 2.75) is 25.8 Å². The van der Waals surface area contributed by atoms with Crippen molar-refractivity contribution in [1.82, 2.24) is 5.32 Å². The Bertz CT molecular complexity index is 340. The zero-order valence-corrected chi connectivity index (χ0v) is 12.9. The summed E-state index contributed by atoms with van der Waals surface area (Å²) in [5.41, 5.74) is 1.19. The minimum atomic E-state index is 0.191. The van der Waals surface area contributed by atoms with Crippen LogP contribution in [0.25, 0.3) is 0 Å². The predicted molar refractivity (Wildman–Crippen MR) is 81.3 cm³/mol. The fourth-order valence-electron chi connectivity index (χ4n) is 1.85. The molecule has 1 aromatic carbocycles. The third-order valence-electron chi connectivity index (χ3n) is 3.17. The lowest BCUT2D eigenvalue weighted by molar-refractivity contribution is 0.0388. The summed E-state index contributed by atoms with van der Waals surface area (Å²) in [6.45, 7) is 4.93. The molecule has 114 valence electrons. The van der Waals surface area contributed by atoms with Crippen LogP contribution in [0.2, 0.25) is 0 Å². The van der Waals surface area contributed by atoms with Gasteiger partial charge in [-0.25, -0.2) is 0 Å². The molecule has 0 aliphatic rings. The number of benzene rings is 1. The quantitative estimate of drug-likeness (QED) is 0.633. The maximum absolute atomic E-state index is 5.66. The lowest BCUT2D eigenvalue weighted by Crippen LogP contribution is -2.22. The first-order valence-corrected chi connectivity index (χ1v) is 7.28. The molecule has 0 saturated carbocycles. The maximum atomic E-state index is 5.66. The number of likely N-dealkylation sites (N-methyl/N-ethyl adjacent to an activating group) is 1. The van der Waals surface area contributed by atoms with E-state index in [1.807, 2.05) is 19.2 Å². The van der Waals surface area contributed by atoms with Crippen LogP contribution in [0.1, 0.15) is 31.4 Å². The smallest absolute Gasteiger partial charge is 0.118 e. The molecule has 4 heteroatoms. The van der Waals surface area contributed by atoms with Gasteiger partial charge in [-0.1, -0.05) is 25.5 Å². The van der Waals surface area contributed by atoms with Crippen molar-refractivity contribution in [2.75, 3.05) is 40.6 Å². The number of methoxy groups -OCH3 is 1. The van der Waals surface area contributed by atoms with Crippen molar-refractivity contribution >= 4 is 0 Å². The van der Waals surface area contributed by atoms with Gasteiger partial charge >= 0.3 is 0 Å². The van der Waals surface area contributed by atoms with Gasteiger partial charge in [-0.15, -0.1) is 0 Å². The Morgan fingerprint density at radius 2 is 1.75 bits per heavy atom. The first-order chi connectivity index (χ1) is 9.81. The number of hydrogen-bond acceptors (Lipinski definition) is 4. The Kier molecular flexibility index (Phi) is 9.04. The first-order valence-electron chi connectivity index (χ1n) is 7.28. The molecule has 1 rings (SSSR count). The molecule has 0 heterocycles. The van der Waals surface area contributed by atoms with Crippen molar-refractivity contribution in [3.63, 3.8) is 0 Å². The molecule has 20 heavy (non-hydrogen) atoms. The molecule has 4 nitrogen and oxygen atoms in total. The average Bonchev–Trinajstić information content (AvgIpc) is 2.50. The molecule has 1 unspecified atom stereocenters. The molecule has 0 saturated heterocycles. The van der Waals surface area contributed by atoms with Gasteiger partial charge in [0.25, 0.3) is 0 Å². The molecule has 1 aromatic rings. The van der Waals surface area contributed by atoms with Crippen LogP contribution in [0, 0.1) is 0 Å². The van der Waals surface area contributed by atoms with E-state index >= 15 is 0 Å². The summed E-state index contributed by atoms with van der Waals surface area (Å²) in [4.78, 5) is 0. The second-order valence-corrected chi connectivity index (χ2v) is 4.66. The summed E-state index contributed by atoms with van der Waals surface area (Å²) >= 11 is 0. The second-order valence-electron chi connectivity index (χ2n) is 4.66. The van der Waals surface area contributed by atoms with E-state index in [-0.39, 0.29) is 6.04 Å². The number of unbranched alkanes of at least 4 members (excludes halogenated alkanes) is 1. The highest BCUT2D eigenvalue weighted by atomic mass is 16.5. The highest BCUT2D eigenvalue weighted by molar-refractivity contribution is 5.29. The van der Waals surface area contributed by atoms with Crippen LogP contribution in [-0.4, -0.2) is 40.6 Å². The van der Waals surface area contributed by atoms with E-state index in [2.05, 4.69) is 24.4 Å². The van der Waals surface area contributed by atoms with E-state index in [1.54, 1.807) is 7.11 Å². The van der Waals surface area contributed by atoms with Gasteiger partial charge in [0.1, 0.15) is 5.75 Å². The zero-order valence-electron chi connectivity index (χ0n) is 12.9. The molecule has 0 spiro atoms. The van der Waals surface area contributed by atoms with E-state index in [4.69, 9.17) is 14.2 Å². The van der Waals surface area contributed by atoms with Crippen LogP contribution < -0.4 is 10.1 Å². The van der Waals surface area contributed by atoms with Gasteiger partial charge in [-0.2, -0.15) is 0 Å². The normalized spacial score (nSPS) is 12.3. The third kappa shape index (κ3) is 6.37. The maximum Gasteiger partial charge on any atom is 0.118 e. The first kappa shape index (κ1) is 17.0. The fourth-order valence-corrected chi connectivity index (χ4v) is 1.85. The highest BCUT2D eigenvalue weighted by Gasteiger charge is 2.09. The lowest BCUT2D eigenvalue weighted by Gasteiger charge is -2.17. The third-order valence-corrected chi connectivity index (χ3v) is 3.17. The summed E-state index contributed by atoms with van der Waals surface area (Å²) in [7, 11) is 3.61. The summed E-state index contributed by atoms with van der Waals surface area (Å²) in [6.07, 6.45) is 2.28. The number of ether oxygens (including phenoxy) is 3. The van der Waals surface area contributed by atoms with Crippen molar-refractivity contribution in [3.05, 3.63) is 29.8 Å². The van der Waals surface area contributed by atoms with Gasteiger partial charge in [0.2, 0.25) is 0 Å². The lowest BCUT2D eigenvalue weighted by atomic mass is 10.1. The summed E-state index contributed by atoms with van der Waals surface area (Å²) in [5.74, 6) is 0.869. The number of rotatable bonds is 11. The topological polar surface area (TPSA) is 39.7 Å². The molecule has 1 N–H and O–H groups in total. The van der Waals surface area contributed by atoms with Gasteiger partial charge in [-0.05, 0) is 31.2 Å². The SMILES string of the molecule is CCCCOCCOCC(NC)c1ccc(OC)cc1. The van der Waals surface area contributed by atoms with Crippen molar-refractivity contribution in [1.29, 1.82) is 0 Å². The predicted octanol–water partition coefficient (Wildman–Crippen LogP) is 2.79. The molecule has 0 fully saturated rings. The zero-order chi connectivity index (χ0) is 14.6. The molecule has 0 bridgehead atoms. The monoisotopic (exact) mass is 281 g/mol. The highest BCUT2D eigenvalue weighted by Crippen LogP contribution is 2.17. The number of hydrogen-bond donors (Lipinski definition) is 1. The standard InChI is InChI=1S/C16H27NO3/c1-4-5-10-19-11-12-20-13-16(17-2)14-6-8-15(18-3)9-7-14/h6-9,16-17H,4-5,10-13H2,1-3H3. The van der Waals surface area contributed by atoms with E-state index in [0.29, 0.717) is 19.8 Å². The van der Waals surface area contributed by atoms with Crippen molar-refractivity contribution in [2.24, 2.45) is 0 Å². The fraction of sp³-hybridized carbons (Fsp3) is 0.625. The van der Waals surface area contributed by atoms with Gasteiger partial charge in [0.15, 0.2) is 0 Å². The largest absolute Gasteiger partial charge is 0.497 e. The molecule has 1 atom stereocenters. The van der Waals surface area contributed by atoms with Crippen molar-refractivity contribution in [3.8, 4) is 5.75 Å². The van der Waals surface area contributed by atoms with Crippen LogP contribution in [0.4, 0.5) is 0 Å². The molecular weight excluding hydrogens is 254 g/mol. The molecular formula is C16H27NO3. The average molecular weight is 281 g/mol. The van der Waals surface area contributed by atoms with Gasteiger partial charge in [0, 0.05) is 6.61 Å². The van der Waals surface area contributed by atoms with Crippen LogP contribution in [0.5, 0.6) is 5.75 Å². The Morgan fingerprint density at radius 3 is 2.35 bits per heavy atom. The minimum Gasteiger partial charge on any atom is -0.497 e. The Labute approximate surface area is 122 Å². The molecule has 0 radical (unpaired) electrons. The van der Waals surface area contributed by atoms with E-state index in [9.17, 15) is 0 Å². The van der Waals surface area contributed by atoms with Gasteiger partial charge in [-0.3, -0.25) is 0 Å². The minimum absolute atomic E-state index is 0.191. The van der Waals surface area contributed by atoms with Gasteiger partial charge in [0.05, 0.1) is 33.0 Å². The van der Waals surface area contributed by atoms with E-state index < -0.39 is 0 Å². The summed E-state index contributed by atoms with van der Waals surface area (Å²) in [6, 6.07) is 8.24. The second kappa shape index (κ2) is 10.7.